The summed E-state index contributed by atoms with van der Waals surface area (Å²) < 4.78 is 25.2. The molecule has 0 aliphatic heterocycles. The van der Waals surface area contributed by atoms with Crippen LogP contribution in [0.4, 0.5) is 0 Å². The second-order valence-corrected chi connectivity index (χ2v) is 5.46. The highest BCUT2D eigenvalue weighted by Gasteiger charge is 2.07. The van der Waals surface area contributed by atoms with Crippen LogP contribution >= 0.6 is 0 Å². The topological polar surface area (TPSA) is 70.0 Å². The van der Waals surface area contributed by atoms with Crippen LogP contribution in [0.25, 0.3) is 0 Å². The molecule has 0 spiro atoms. The summed E-state index contributed by atoms with van der Waals surface area (Å²) in [7, 11) is -3.05. The zero-order valence-electron chi connectivity index (χ0n) is 9.33. The minimum absolute atomic E-state index is 0.224. The van der Waals surface area contributed by atoms with Gasteiger partial charge in [-0.25, -0.2) is 13.1 Å². The molecule has 0 radical (unpaired) electrons. The van der Waals surface area contributed by atoms with E-state index in [1.165, 1.54) is 0 Å². The number of nitrogens with zero attached hydrogens (tertiary/aromatic N) is 1. The normalized spacial score (nSPS) is 11.2. The molecule has 0 fully saturated rings. The highest BCUT2D eigenvalue weighted by Crippen LogP contribution is 1.99. The molecule has 0 aromatic rings. The minimum Gasteiger partial charge on any atom is -0.215 e. The van der Waals surface area contributed by atoms with Crippen LogP contribution in [0.3, 0.4) is 0 Å². The smallest absolute Gasteiger partial charge is 0.211 e. The van der Waals surface area contributed by atoms with Gasteiger partial charge in [-0.2, -0.15) is 5.26 Å². The van der Waals surface area contributed by atoms with Crippen molar-refractivity contribution in [1.82, 2.24) is 4.72 Å². The lowest BCUT2D eigenvalue weighted by molar-refractivity contribution is 0.572. The second kappa shape index (κ2) is 8.69. The third-order valence-electron chi connectivity index (χ3n) is 2.05. The van der Waals surface area contributed by atoms with Gasteiger partial charge >= 0.3 is 0 Å². The van der Waals surface area contributed by atoms with Gasteiger partial charge in [-0.15, -0.1) is 0 Å². The third kappa shape index (κ3) is 9.70. The van der Waals surface area contributed by atoms with E-state index in [1.54, 1.807) is 0 Å². The Kier molecular flexibility index (Phi) is 8.34. The van der Waals surface area contributed by atoms with Gasteiger partial charge in [-0.1, -0.05) is 19.8 Å². The lowest BCUT2D eigenvalue weighted by Crippen LogP contribution is -2.27. The van der Waals surface area contributed by atoms with Crippen LogP contribution in [0.1, 0.15) is 45.4 Å². The molecule has 0 unspecified atom stereocenters. The van der Waals surface area contributed by atoms with E-state index >= 15 is 0 Å². The average Bonchev–Trinajstić information content (AvgIpc) is 2.20. The standard InChI is InChI=1S/C10H20N2O2S/c1-2-3-10-15(13,14)12-9-7-5-4-6-8-11/h12H,2-7,9-10H2,1H3. The van der Waals surface area contributed by atoms with E-state index < -0.39 is 10.0 Å². The highest BCUT2D eigenvalue weighted by atomic mass is 32.2. The van der Waals surface area contributed by atoms with E-state index in [4.69, 9.17) is 5.26 Å². The summed E-state index contributed by atoms with van der Waals surface area (Å²) in [6.45, 7) is 2.47. The van der Waals surface area contributed by atoms with Crippen LogP contribution in [0, 0.1) is 11.3 Å². The Morgan fingerprint density at radius 1 is 1.20 bits per heavy atom. The average molecular weight is 232 g/mol. The molecule has 0 saturated heterocycles. The van der Waals surface area contributed by atoms with Crippen LogP contribution < -0.4 is 4.72 Å². The van der Waals surface area contributed by atoms with Crippen molar-refractivity contribution in [2.75, 3.05) is 12.3 Å². The van der Waals surface area contributed by atoms with E-state index in [2.05, 4.69) is 10.8 Å². The summed E-state index contributed by atoms with van der Waals surface area (Å²) in [5.74, 6) is 0.224. The van der Waals surface area contributed by atoms with Crippen molar-refractivity contribution in [2.45, 2.75) is 45.4 Å². The summed E-state index contributed by atoms with van der Waals surface area (Å²) >= 11 is 0. The van der Waals surface area contributed by atoms with Crippen LogP contribution in [-0.2, 0) is 10.0 Å². The summed E-state index contributed by atoms with van der Waals surface area (Å²) in [4.78, 5) is 0. The first-order chi connectivity index (χ1) is 7.12. The Morgan fingerprint density at radius 3 is 2.53 bits per heavy atom. The second-order valence-electron chi connectivity index (χ2n) is 3.54. The molecule has 0 amide bonds. The van der Waals surface area contributed by atoms with E-state index in [-0.39, 0.29) is 5.75 Å². The predicted octanol–water partition coefficient (Wildman–Crippen LogP) is 1.79. The maximum absolute atomic E-state index is 11.3. The molecule has 0 aliphatic carbocycles. The minimum atomic E-state index is -3.05. The number of nitriles is 1. The van der Waals surface area contributed by atoms with E-state index in [0.717, 1.165) is 25.7 Å². The van der Waals surface area contributed by atoms with Gasteiger partial charge in [0.25, 0.3) is 0 Å². The first kappa shape index (κ1) is 14.4. The lowest BCUT2D eigenvalue weighted by Gasteiger charge is -2.05. The Balaban J connectivity index is 3.46. The molecule has 0 saturated carbocycles. The van der Waals surface area contributed by atoms with E-state index in [9.17, 15) is 8.42 Å². The van der Waals surface area contributed by atoms with Crippen molar-refractivity contribution in [1.29, 1.82) is 5.26 Å². The fraction of sp³-hybridized carbons (Fsp3) is 0.900. The van der Waals surface area contributed by atoms with Crippen molar-refractivity contribution in [3.8, 4) is 6.07 Å². The van der Waals surface area contributed by atoms with Gasteiger partial charge in [-0.3, -0.25) is 0 Å². The molecule has 0 aliphatic rings. The molecule has 0 heterocycles. The predicted molar refractivity (Wildman–Crippen MR) is 60.8 cm³/mol. The maximum Gasteiger partial charge on any atom is 0.211 e. The maximum atomic E-state index is 11.3. The molecule has 0 aromatic heterocycles. The molecule has 0 atom stereocenters. The van der Waals surface area contributed by atoms with Crippen molar-refractivity contribution in [2.24, 2.45) is 0 Å². The first-order valence-electron chi connectivity index (χ1n) is 5.46. The Morgan fingerprint density at radius 2 is 1.93 bits per heavy atom. The molecular weight excluding hydrogens is 212 g/mol. The monoisotopic (exact) mass is 232 g/mol. The van der Waals surface area contributed by atoms with Gasteiger partial charge in [0, 0.05) is 13.0 Å². The molecule has 5 heteroatoms. The number of hydrogen-bond donors (Lipinski definition) is 1. The van der Waals surface area contributed by atoms with E-state index in [1.807, 2.05) is 6.92 Å². The molecule has 0 rings (SSSR count). The number of rotatable bonds is 9. The number of nitrogens with one attached hydrogen (secondary N) is 1. The Hall–Kier alpha value is -0.600. The zero-order chi connectivity index (χ0) is 11.6. The number of hydrogen-bond acceptors (Lipinski definition) is 3. The Bertz CT molecular complexity index is 280. The van der Waals surface area contributed by atoms with Crippen LogP contribution in [-0.4, -0.2) is 20.7 Å². The van der Waals surface area contributed by atoms with Crippen molar-refractivity contribution in [3.63, 3.8) is 0 Å². The van der Waals surface area contributed by atoms with Gasteiger partial charge < -0.3 is 0 Å². The van der Waals surface area contributed by atoms with E-state index in [0.29, 0.717) is 19.4 Å². The molecule has 1 N–H and O–H groups in total. The number of sulfonamides is 1. The fourth-order valence-corrected chi connectivity index (χ4v) is 2.41. The number of unbranched alkanes of at least 4 members (excludes halogenated alkanes) is 4. The summed E-state index contributed by atoms with van der Waals surface area (Å²) in [5, 5.41) is 8.29. The van der Waals surface area contributed by atoms with Gasteiger partial charge in [0.1, 0.15) is 0 Å². The fourth-order valence-electron chi connectivity index (χ4n) is 1.14. The molecule has 0 bridgehead atoms. The SMILES string of the molecule is CCCCS(=O)(=O)NCCCCCC#N. The Labute approximate surface area is 92.7 Å². The lowest BCUT2D eigenvalue weighted by atomic mass is 10.2. The van der Waals surface area contributed by atoms with Crippen LogP contribution in [0.5, 0.6) is 0 Å². The van der Waals surface area contributed by atoms with Crippen molar-refractivity contribution < 1.29 is 8.42 Å². The van der Waals surface area contributed by atoms with Gasteiger partial charge in [0.05, 0.1) is 11.8 Å². The molecule has 88 valence electrons. The largest absolute Gasteiger partial charge is 0.215 e. The van der Waals surface area contributed by atoms with Crippen molar-refractivity contribution in [3.05, 3.63) is 0 Å². The van der Waals surface area contributed by atoms with Crippen LogP contribution in [0.2, 0.25) is 0 Å². The zero-order valence-corrected chi connectivity index (χ0v) is 10.1. The highest BCUT2D eigenvalue weighted by molar-refractivity contribution is 7.89. The molecule has 0 aromatic carbocycles. The third-order valence-corrected chi connectivity index (χ3v) is 3.52. The summed E-state index contributed by atoms with van der Waals surface area (Å²) in [5.41, 5.74) is 0. The molecular formula is C10H20N2O2S. The summed E-state index contributed by atoms with van der Waals surface area (Å²) in [6, 6.07) is 2.06. The van der Waals surface area contributed by atoms with Gasteiger partial charge in [-0.05, 0) is 19.3 Å². The van der Waals surface area contributed by atoms with Crippen LogP contribution in [0.15, 0.2) is 0 Å². The van der Waals surface area contributed by atoms with Crippen molar-refractivity contribution >= 4 is 10.0 Å². The van der Waals surface area contributed by atoms with Gasteiger partial charge in [0.15, 0.2) is 0 Å². The molecule has 4 nitrogen and oxygen atoms in total. The molecule has 15 heavy (non-hydrogen) atoms. The quantitative estimate of drug-likeness (QED) is 0.616. The summed E-state index contributed by atoms with van der Waals surface area (Å²) in [6.07, 6.45) is 4.74. The first-order valence-corrected chi connectivity index (χ1v) is 7.12. The van der Waals surface area contributed by atoms with Gasteiger partial charge in [0.2, 0.25) is 10.0 Å².